The van der Waals surface area contributed by atoms with Crippen molar-refractivity contribution in [3.63, 3.8) is 0 Å². The number of carbonyl (C=O) groups is 1. The van der Waals surface area contributed by atoms with Crippen LogP contribution in [0, 0.1) is 11.3 Å². The molecule has 0 fully saturated rings. The van der Waals surface area contributed by atoms with Crippen LogP contribution in [0.25, 0.3) is 0 Å². The van der Waals surface area contributed by atoms with Crippen LogP contribution >= 0.6 is 0 Å². The van der Waals surface area contributed by atoms with Crippen LogP contribution in [0.4, 0.5) is 0 Å². The van der Waals surface area contributed by atoms with Gasteiger partial charge in [-0.05, 0) is 25.1 Å². The molecule has 0 spiro atoms. The van der Waals surface area contributed by atoms with E-state index in [0.29, 0.717) is 28.9 Å². The molecule has 0 atom stereocenters. The zero-order valence-electron chi connectivity index (χ0n) is 9.83. The number of aromatic nitrogens is 2. The molecule has 0 aliphatic heterocycles. The van der Waals surface area contributed by atoms with E-state index in [1.165, 1.54) is 6.07 Å². The van der Waals surface area contributed by atoms with Crippen molar-refractivity contribution in [2.45, 2.75) is 13.5 Å². The second-order valence-electron chi connectivity index (χ2n) is 3.62. The molecule has 1 aromatic heterocycles. The Hall–Kier alpha value is -2.61. The zero-order chi connectivity index (χ0) is 13.0. The summed E-state index contributed by atoms with van der Waals surface area (Å²) >= 11 is 0. The molecule has 0 bridgehead atoms. The standard InChI is InChI=1S/C13H11N3O2/c1-2-16-8-12(7-15-16)18-13-4-3-10(9-17)5-11(13)6-14/h3-5,7-9H,2H2,1H3. The number of aryl methyl sites for hydroxylation is 1. The lowest BCUT2D eigenvalue weighted by atomic mass is 10.1. The summed E-state index contributed by atoms with van der Waals surface area (Å²) < 4.78 is 7.28. The van der Waals surface area contributed by atoms with Crippen LogP contribution in [-0.2, 0) is 6.54 Å². The van der Waals surface area contributed by atoms with E-state index in [-0.39, 0.29) is 0 Å². The number of carbonyl (C=O) groups excluding carboxylic acids is 1. The summed E-state index contributed by atoms with van der Waals surface area (Å²) in [4.78, 5) is 10.6. The van der Waals surface area contributed by atoms with E-state index in [0.717, 1.165) is 6.54 Å². The van der Waals surface area contributed by atoms with Crippen molar-refractivity contribution in [1.29, 1.82) is 5.26 Å². The molecule has 1 heterocycles. The molecule has 0 saturated heterocycles. The molecule has 90 valence electrons. The summed E-state index contributed by atoms with van der Waals surface area (Å²) in [5.74, 6) is 0.978. The van der Waals surface area contributed by atoms with Gasteiger partial charge in [-0.1, -0.05) is 0 Å². The maximum Gasteiger partial charge on any atom is 0.165 e. The summed E-state index contributed by atoms with van der Waals surface area (Å²) in [7, 11) is 0. The predicted molar refractivity (Wildman–Crippen MR) is 64.5 cm³/mol. The van der Waals surface area contributed by atoms with E-state index in [2.05, 4.69) is 5.10 Å². The molecule has 2 rings (SSSR count). The first-order valence-electron chi connectivity index (χ1n) is 5.46. The fourth-order valence-electron chi connectivity index (χ4n) is 1.49. The second-order valence-corrected chi connectivity index (χ2v) is 3.62. The molecule has 0 N–H and O–H groups in total. The van der Waals surface area contributed by atoms with Gasteiger partial charge in [-0.3, -0.25) is 9.48 Å². The highest BCUT2D eigenvalue weighted by Gasteiger charge is 2.07. The van der Waals surface area contributed by atoms with Crippen molar-refractivity contribution in [2.24, 2.45) is 0 Å². The lowest BCUT2D eigenvalue weighted by molar-refractivity contribution is 0.112. The molecular weight excluding hydrogens is 230 g/mol. The van der Waals surface area contributed by atoms with Crippen LogP contribution in [0.2, 0.25) is 0 Å². The van der Waals surface area contributed by atoms with Gasteiger partial charge < -0.3 is 4.74 Å². The van der Waals surface area contributed by atoms with Crippen molar-refractivity contribution in [3.05, 3.63) is 41.7 Å². The van der Waals surface area contributed by atoms with E-state index in [1.54, 1.807) is 29.2 Å². The highest BCUT2D eigenvalue weighted by molar-refractivity contribution is 5.76. The number of rotatable bonds is 4. The van der Waals surface area contributed by atoms with Crippen LogP contribution in [-0.4, -0.2) is 16.1 Å². The Bertz CT molecular complexity index is 611. The number of hydrogen-bond acceptors (Lipinski definition) is 4. The number of aldehydes is 1. The van der Waals surface area contributed by atoms with Gasteiger partial charge in [0.25, 0.3) is 0 Å². The molecule has 2 aromatic rings. The lowest BCUT2D eigenvalue weighted by Crippen LogP contribution is -1.92. The Morgan fingerprint density at radius 3 is 3.00 bits per heavy atom. The number of ether oxygens (including phenoxy) is 1. The highest BCUT2D eigenvalue weighted by atomic mass is 16.5. The van der Waals surface area contributed by atoms with Crippen LogP contribution in [0.15, 0.2) is 30.6 Å². The summed E-state index contributed by atoms with van der Waals surface area (Å²) in [5.41, 5.74) is 0.770. The molecule has 0 aliphatic carbocycles. The molecule has 18 heavy (non-hydrogen) atoms. The molecule has 0 saturated carbocycles. The van der Waals surface area contributed by atoms with Crippen molar-refractivity contribution >= 4 is 6.29 Å². The Kier molecular flexibility index (Phi) is 3.39. The maximum atomic E-state index is 10.6. The van der Waals surface area contributed by atoms with Crippen LogP contribution < -0.4 is 4.74 Å². The van der Waals surface area contributed by atoms with Gasteiger partial charge >= 0.3 is 0 Å². The minimum Gasteiger partial charge on any atom is -0.453 e. The first-order valence-corrected chi connectivity index (χ1v) is 5.46. The van der Waals surface area contributed by atoms with Crippen molar-refractivity contribution < 1.29 is 9.53 Å². The number of nitriles is 1. The topological polar surface area (TPSA) is 67.9 Å². The lowest BCUT2D eigenvalue weighted by Gasteiger charge is -2.04. The van der Waals surface area contributed by atoms with Gasteiger partial charge in [0.2, 0.25) is 0 Å². The van der Waals surface area contributed by atoms with Gasteiger partial charge in [0.1, 0.15) is 18.1 Å². The largest absolute Gasteiger partial charge is 0.453 e. The summed E-state index contributed by atoms with van der Waals surface area (Å²) in [6.07, 6.45) is 4.02. The van der Waals surface area contributed by atoms with Crippen LogP contribution in [0.1, 0.15) is 22.8 Å². The quantitative estimate of drug-likeness (QED) is 0.770. The fraction of sp³-hybridized carbons (Fsp3) is 0.154. The van der Waals surface area contributed by atoms with Crippen LogP contribution in [0.5, 0.6) is 11.5 Å². The number of benzene rings is 1. The number of hydrogen-bond donors (Lipinski definition) is 0. The van der Waals surface area contributed by atoms with Gasteiger partial charge in [-0.15, -0.1) is 0 Å². The minimum absolute atomic E-state index is 0.323. The van der Waals surface area contributed by atoms with Gasteiger partial charge in [0.05, 0.1) is 18.0 Å². The van der Waals surface area contributed by atoms with Gasteiger partial charge in [0.15, 0.2) is 5.75 Å². The summed E-state index contributed by atoms with van der Waals surface area (Å²) in [6, 6.07) is 6.70. The van der Waals surface area contributed by atoms with Gasteiger partial charge in [0, 0.05) is 12.1 Å². The molecule has 0 amide bonds. The molecule has 5 heteroatoms. The molecule has 0 unspecified atom stereocenters. The first-order chi connectivity index (χ1) is 8.76. The van der Waals surface area contributed by atoms with Crippen molar-refractivity contribution in [1.82, 2.24) is 9.78 Å². The van der Waals surface area contributed by atoms with Crippen LogP contribution in [0.3, 0.4) is 0 Å². The van der Waals surface area contributed by atoms with E-state index in [1.807, 2.05) is 13.0 Å². The Morgan fingerprint density at radius 1 is 1.56 bits per heavy atom. The molecule has 1 aromatic carbocycles. The van der Waals surface area contributed by atoms with Crippen molar-refractivity contribution in [2.75, 3.05) is 0 Å². The first kappa shape index (κ1) is 11.9. The molecule has 0 radical (unpaired) electrons. The third kappa shape index (κ3) is 2.38. The molecule has 5 nitrogen and oxygen atoms in total. The third-order valence-corrected chi connectivity index (χ3v) is 2.42. The normalized spacial score (nSPS) is 9.78. The average molecular weight is 241 g/mol. The Morgan fingerprint density at radius 2 is 2.39 bits per heavy atom. The van der Waals surface area contributed by atoms with E-state index < -0.39 is 0 Å². The summed E-state index contributed by atoms with van der Waals surface area (Å²) in [6.45, 7) is 2.72. The second kappa shape index (κ2) is 5.15. The Labute approximate surface area is 104 Å². The van der Waals surface area contributed by atoms with E-state index in [9.17, 15) is 4.79 Å². The van der Waals surface area contributed by atoms with Crippen molar-refractivity contribution in [3.8, 4) is 17.6 Å². The minimum atomic E-state index is 0.323. The van der Waals surface area contributed by atoms with Gasteiger partial charge in [-0.2, -0.15) is 10.4 Å². The molecular formula is C13H11N3O2. The Balaban J connectivity index is 2.28. The summed E-state index contributed by atoms with van der Waals surface area (Å²) in [5, 5.41) is 13.1. The third-order valence-electron chi connectivity index (χ3n) is 2.42. The van der Waals surface area contributed by atoms with E-state index >= 15 is 0 Å². The highest BCUT2D eigenvalue weighted by Crippen LogP contribution is 2.25. The maximum absolute atomic E-state index is 10.6. The smallest absolute Gasteiger partial charge is 0.165 e. The fourth-order valence-corrected chi connectivity index (χ4v) is 1.49. The predicted octanol–water partition coefficient (Wildman–Crippen LogP) is 2.38. The monoisotopic (exact) mass is 241 g/mol. The van der Waals surface area contributed by atoms with Gasteiger partial charge in [-0.25, -0.2) is 0 Å². The molecule has 0 aliphatic rings. The average Bonchev–Trinajstić information content (AvgIpc) is 2.87. The SMILES string of the molecule is CCn1cc(Oc2ccc(C=O)cc2C#N)cn1. The van der Waals surface area contributed by atoms with E-state index in [4.69, 9.17) is 10.00 Å². The zero-order valence-corrected chi connectivity index (χ0v) is 9.83. The number of nitrogens with zero attached hydrogens (tertiary/aromatic N) is 3.